The average Bonchev–Trinajstić information content (AvgIpc) is 3.51. The van der Waals surface area contributed by atoms with E-state index in [1.807, 2.05) is 46.2 Å². The third-order valence-electron chi connectivity index (χ3n) is 6.82. The summed E-state index contributed by atoms with van der Waals surface area (Å²) in [5.41, 5.74) is 1.76. The number of hydrogen-bond donors (Lipinski definition) is 0. The lowest BCUT2D eigenvalue weighted by Gasteiger charge is -2.29. The number of amides is 2. The third-order valence-corrected chi connectivity index (χ3v) is 6.82. The van der Waals surface area contributed by atoms with Crippen LogP contribution in [-0.4, -0.2) is 49.2 Å². The molecule has 4 heterocycles. The van der Waals surface area contributed by atoms with E-state index in [2.05, 4.69) is 0 Å². The molecule has 7 heteroatoms. The number of para-hydroxylation sites is 1. The van der Waals surface area contributed by atoms with Gasteiger partial charge in [-0.05, 0) is 30.5 Å². The Kier molecular flexibility index (Phi) is 3.61. The van der Waals surface area contributed by atoms with Crippen LogP contribution in [0, 0.1) is 0 Å². The van der Waals surface area contributed by atoms with Crippen LogP contribution >= 0.6 is 0 Å². The van der Waals surface area contributed by atoms with Gasteiger partial charge in [-0.2, -0.15) is 0 Å². The van der Waals surface area contributed by atoms with Crippen LogP contribution in [0.3, 0.4) is 0 Å². The smallest absolute Gasteiger partial charge is 0.245 e. The Hall–Kier alpha value is -3.22. The first-order valence-corrected chi connectivity index (χ1v) is 10.4. The van der Waals surface area contributed by atoms with E-state index < -0.39 is 5.41 Å². The van der Waals surface area contributed by atoms with Crippen molar-refractivity contribution < 1.29 is 23.8 Å². The summed E-state index contributed by atoms with van der Waals surface area (Å²) >= 11 is 0. The van der Waals surface area contributed by atoms with Crippen molar-refractivity contribution in [1.29, 1.82) is 0 Å². The minimum Gasteiger partial charge on any atom is -0.491 e. The van der Waals surface area contributed by atoms with Gasteiger partial charge in [0.1, 0.15) is 17.8 Å². The summed E-state index contributed by atoms with van der Waals surface area (Å²) in [5.74, 6) is 2.01. The van der Waals surface area contributed by atoms with Gasteiger partial charge >= 0.3 is 0 Å². The molecule has 2 atom stereocenters. The second kappa shape index (κ2) is 6.14. The molecule has 1 saturated heterocycles. The molecule has 1 fully saturated rings. The van der Waals surface area contributed by atoms with Crippen molar-refractivity contribution >= 4 is 17.5 Å². The Labute approximate surface area is 174 Å². The summed E-state index contributed by atoms with van der Waals surface area (Å²) in [6, 6.07) is 11.6. The number of carbonyl (C=O) groups is 2. The molecule has 0 saturated carbocycles. The summed E-state index contributed by atoms with van der Waals surface area (Å²) < 4.78 is 17.1. The van der Waals surface area contributed by atoms with E-state index in [0.29, 0.717) is 23.8 Å². The zero-order chi connectivity index (χ0) is 20.5. The van der Waals surface area contributed by atoms with E-state index in [1.54, 1.807) is 6.92 Å². The zero-order valence-electron chi connectivity index (χ0n) is 16.7. The highest BCUT2D eigenvalue weighted by atomic mass is 16.7. The molecule has 2 aromatic rings. The number of ether oxygens (including phenoxy) is 3. The van der Waals surface area contributed by atoms with Gasteiger partial charge in [0.15, 0.2) is 11.5 Å². The van der Waals surface area contributed by atoms with E-state index in [9.17, 15) is 9.59 Å². The predicted molar refractivity (Wildman–Crippen MR) is 108 cm³/mol. The maximum Gasteiger partial charge on any atom is 0.245 e. The number of nitrogens with zero attached hydrogens (tertiary/aromatic N) is 2. The first kappa shape index (κ1) is 17.6. The number of likely N-dealkylation sites (tertiary alicyclic amines) is 1. The predicted octanol–water partition coefficient (Wildman–Crippen LogP) is 2.45. The van der Waals surface area contributed by atoms with E-state index >= 15 is 0 Å². The largest absolute Gasteiger partial charge is 0.491 e. The quantitative estimate of drug-likeness (QED) is 0.766. The maximum atomic E-state index is 14.0. The van der Waals surface area contributed by atoms with Crippen molar-refractivity contribution in [2.45, 2.75) is 31.2 Å². The van der Waals surface area contributed by atoms with Crippen LogP contribution < -0.4 is 19.1 Å². The fourth-order valence-electron chi connectivity index (χ4n) is 5.40. The van der Waals surface area contributed by atoms with Crippen LogP contribution in [0.2, 0.25) is 0 Å². The fraction of sp³-hybridized carbons (Fsp3) is 0.391. The van der Waals surface area contributed by atoms with Crippen LogP contribution in [-0.2, 0) is 15.0 Å². The highest BCUT2D eigenvalue weighted by Crippen LogP contribution is 2.55. The lowest BCUT2D eigenvalue weighted by molar-refractivity contribution is -0.130. The minimum atomic E-state index is -0.896. The zero-order valence-corrected chi connectivity index (χ0v) is 16.7. The monoisotopic (exact) mass is 406 g/mol. The van der Waals surface area contributed by atoms with Crippen molar-refractivity contribution in [2.75, 3.05) is 31.4 Å². The van der Waals surface area contributed by atoms with Crippen molar-refractivity contribution in [2.24, 2.45) is 0 Å². The van der Waals surface area contributed by atoms with Gasteiger partial charge in [-0.1, -0.05) is 18.2 Å². The molecule has 0 aromatic heterocycles. The van der Waals surface area contributed by atoms with Gasteiger partial charge in [0.05, 0.1) is 0 Å². The summed E-state index contributed by atoms with van der Waals surface area (Å²) in [6.45, 7) is 3.27. The fourth-order valence-corrected chi connectivity index (χ4v) is 5.40. The van der Waals surface area contributed by atoms with Gasteiger partial charge in [-0.3, -0.25) is 9.59 Å². The van der Waals surface area contributed by atoms with E-state index in [-0.39, 0.29) is 31.3 Å². The highest BCUT2D eigenvalue weighted by molar-refractivity contribution is 6.11. The number of carbonyl (C=O) groups excluding carboxylic acids is 2. The number of benzene rings is 2. The summed E-state index contributed by atoms with van der Waals surface area (Å²) in [5, 5.41) is 0. The van der Waals surface area contributed by atoms with Gasteiger partial charge in [-0.25, -0.2) is 0 Å². The second-order valence-corrected chi connectivity index (χ2v) is 8.34. The van der Waals surface area contributed by atoms with E-state index in [0.717, 1.165) is 36.2 Å². The molecule has 0 bridgehead atoms. The van der Waals surface area contributed by atoms with Crippen LogP contribution in [0.5, 0.6) is 17.2 Å². The third kappa shape index (κ3) is 2.20. The molecular weight excluding hydrogens is 384 g/mol. The van der Waals surface area contributed by atoms with Gasteiger partial charge in [-0.15, -0.1) is 0 Å². The van der Waals surface area contributed by atoms with Crippen LogP contribution in [0.15, 0.2) is 36.4 Å². The molecule has 6 rings (SSSR count). The van der Waals surface area contributed by atoms with Gasteiger partial charge in [0.2, 0.25) is 18.6 Å². The molecule has 2 amide bonds. The van der Waals surface area contributed by atoms with Gasteiger partial charge < -0.3 is 24.0 Å². The Morgan fingerprint density at radius 1 is 1.10 bits per heavy atom. The summed E-state index contributed by atoms with van der Waals surface area (Å²) in [6.07, 6.45) is 1.87. The first-order chi connectivity index (χ1) is 14.6. The molecule has 0 aliphatic carbocycles. The number of rotatable bonds is 2. The van der Waals surface area contributed by atoms with Crippen molar-refractivity contribution in [3.8, 4) is 17.2 Å². The molecule has 0 N–H and O–H groups in total. The van der Waals surface area contributed by atoms with Gasteiger partial charge in [0, 0.05) is 43.4 Å². The number of fused-ring (bicyclic) bond motifs is 5. The molecule has 4 aliphatic rings. The van der Waals surface area contributed by atoms with E-state index in [1.165, 1.54) is 0 Å². The maximum absolute atomic E-state index is 14.0. The number of anilines is 1. The van der Waals surface area contributed by atoms with Crippen LogP contribution in [0.4, 0.5) is 5.69 Å². The summed E-state index contributed by atoms with van der Waals surface area (Å²) in [7, 11) is 0. The SMILES string of the molecule is CC(=O)N1CCC[C@H]1CN1C(=O)C2(COc3cc4c(cc32)OCO4)c2ccccc21. The summed E-state index contributed by atoms with van der Waals surface area (Å²) in [4.78, 5) is 29.8. The number of hydrogen-bond acceptors (Lipinski definition) is 5. The molecule has 1 unspecified atom stereocenters. The van der Waals surface area contributed by atoms with Crippen LogP contribution in [0.25, 0.3) is 0 Å². The molecule has 1 spiro atoms. The Morgan fingerprint density at radius 3 is 2.73 bits per heavy atom. The molecule has 0 radical (unpaired) electrons. The van der Waals surface area contributed by atoms with E-state index in [4.69, 9.17) is 14.2 Å². The Bertz CT molecular complexity index is 1080. The highest BCUT2D eigenvalue weighted by Gasteiger charge is 2.57. The average molecular weight is 406 g/mol. The van der Waals surface area contributed by atoms with Crippen molar-refractivity contribution in [3.63, 3.8) is 0 Å². The lowest BCUT2D eigenvalue weighted by atomic mass is 9.77. The molecule has 4 aliphatic heterocycles. The standard InChI is InChI=1S/C23H22N2O5/c1-14(26)24-8-4-5-15(24)11-25-18-7-3-2-6-16(18)23(22(25)27)12-28-19-10-21-20(9-17(19)23)29-13-30-21/h2-3,6-7,9-10,15H,4-5,8,11-13H2,1H3/t15-,23?/m0/s1. The Morgan fingerprint density at radius 2 is 1.90 bits per heavy atom. The van der Waals surface area contributed by atoms with Crippen molar-refractivity contribution in [3.05, 3.63) is 47.5 Å². The normalized spacial score (nSPS) is 25.6. The first-order valence-electron chi connectivity index (χ1n) is 10.4. The molecule has 2 aromatic carbocycles. The topological polar surface area (TPSA) is 68.3 Å². The van der Waals surface area contributed by atoms with Crippen molar-refractivity contribution in [1.82, 2.24) is 4.90 Å². The second-order valence-electron chi connectivity index (χ2n) is 8.34. The molecule has 154 valence electrons. The van der Waals surface area contributed by atoms with Crippen LogP contribution in [0.1, 0.15) is 30.9 Å². The molecule has 30 heavy (non-hydrogen) atoms. The Balaban J connectivity index is 1.45. The molecular formula is C23H22N2O5. The van der Waals surface area contributed by atoms with Gasteiger partial charge in [0.25, 0.3) is 0 Å². The minimum absolute atomic E-state index is 0.00304. The molecule has 7 nitrogen and oxygen atoms in total. The lowest BCUT2D eigenvalue weighted by Crippen LogP contribution is -2.48.